The molecule has 4 aromatic rings. The van der Waals surface area contributed by atoms with Gasteiger partial charge in [0, 0.05) is 23.5 Å². The first-order valence-electron chi connectivity index (χ1n) is 7.16. The Hall–Kier alpha value is -3.62. The first-order chi connectivity index (χ1) is 12.1. The lowest BCUT2D eigenvalue weighted by atomic mass is 10.1. The number of nitrogens with one attached hydrogen (secondary N) is 1. The molecule has 124 valence electrons. The fraction of sp³-hybridized carbons (Fsp3) is 0. The Labute approximate surface area is 139 Å². The van der Waals surface area contributed by atoms with Gasteiger partial charge in [-0.3, -0.25) is 5.10 Å². The Morgan fingerprint density at radius 2 is 1.76 bits per heavy atom. The summed E-state index contributed by atoms with van der Waals surface area (Å²) in [6.45, 7) is 0. The molecule has 0 aliphatic heterocycles. The van der Waals surface area contributed by atoms with Gasteiger partial charge >= 0.3 is 0 Å². The molecule has 0 aliphatic rings. The number of nitrogen functional groups attached to an aromatic ring is 1. The molecule has 1 aromatic carbocycles. The number of anilines is 1. The summed E-state index contributed by atoms with van der Waals surface area (Å²) in [5.41, 5.74) is 7.66. The highest BCUT2D eigenvalue weighted by atomic mass is 19.1. The Morgan fingerprint density at radius 1 is 0.960 bits per heavy atom. The summed E-state index contributed by atoms with van der Waals surface area (Å²) in [5, 5.41) is 14.2. The van der Waals surface area contributed by atoms with Crippen molar-refractivity contribution >= 4 is 5.82 Å². The topological polar surface area (TPSA) is 107 Å². The SMILES string of the molecule is Nc1ncc(-c2cn[nH]c2)cc1-c1nnc(-c2cc(F)ccc2F)o1. The minimum Gasteiger partial charge on any atom is -0.416 e. The summed E-state index contributed by atoms with van der Waals surface area (Å²) >= 11 is 0. The van der Waals surface area contributed by atoms with E-state index < -0.39 is 11.6 Å². The van der Waals surface area contributed by atoms with Crippen molar-refractivity contribution in [3.63, 3.8) is 0 Å². The smallest absolute Gasteiger partial charge is 0.251 e. The summed E-state index contributed by atoms with van der Waals surface area (Å²) in [6, 6.07) is 4.68. The number of pyridine rings is 1. The minimum atomic E-state index is -0.671. The van der Waals surface area contributed by atoms with Crippen LogP contribution in [-0.2, 0) is 0 Å². The van der Waals surface area contributed by atoms with Crippen LogP contribution in [0.2, 0.25) is 0 Å². The maximum absolute atomic E-state index is 13.9. The Bertz CT molecular complexity index is 1040. The molecule has 7 nitrogen and oxygen atoms in total. The second-order valence-corrected chi connectivity index (χ2v) is 5.18. The van der Waals surface area contributed by atoms with Crippen molar-refractivity contribution in [3.05, 3.63) is 54.5 Å². The lowest BCUT2D eigenvalue weighted by Gasteiger charge is -2.03. The van der Waals surface area contributed by atoms with Gasteiger partial charge in [0.15, 0.2) is 0 Å². The molecule has 0 fully saturated rings. The van der Waals surface area contributed by atoms with Gasteiger partial charge in [0.05, 0.1) is 17.3 Å². The molecule has 3 aromatic heterocycles. The quantitative estimate of drug-likeness (QED) is 0.594. The number of rotatable bonds is 3. The molecular formula is C16H10F2N6O. The zero-order valence-corrected chi connectivity index (χ0v) is 12.6. The van der Waals surface area contributed by atoms with Crippen LogP contribution in [0.3, 0.4) is 0 Å². The number of halogens is 2. The van der Waals surface area contributed by atoms with Crippen LogP contribution in [0.4, 0.5) is 14.6 Å². The zero-order chi connectivity index (χ0) is 17.4. The predicted molar refractivity (Wildman–Crippen MR) is 84.9 cm³/mol. The van der Waals surface area contributed by atoms with Gasteiger partial charge in [-0.2, -0.15) is 5.10 Å². The van der Waals surface area contributed by atoms with E-state index in [2.05, 4.69) is 25.4 Å². The third kappa shape index (κ3) is 2.71. The van der Waals surface area contributed by atoms with Crippen molar-refractivity contribution in [1.29, 1.82) is 0 Å². The normalized spacial score (nSPS) is 11.0. The number of benzene rings is 1. The molecule has 0 saturated heterocycles. The lowest BCUT2D eigenvalue weighted by molar-refractivity contribution is 0.564. The third-order valence-electron chi connectivity index (χ3n) is 3.56. The molecule has 0 unspecified atom stereocenters. The number of nitrogens with two attached hydrogens (primary N) is 1. The monoisotopic (exact) mass is 340 g/mol. The van der Waals surface area contributed by atoms with E-state index in [0.29, 0.717) is 5.56 Å². The second-order valence-electron chi connectivity index (χ2n) is 5.18. The molecule has 4 rings (SSSR count). The van der Waals surface area contributed by atoms with Gasteiger partial charge in [0.1, 0.15) is 17.5 Å². The average Bonchev–Trinajstić information content (AvgIpc) is 3.29. The van der Waals surface area contributed by atoms with Gasteiger partial charge in [0.2, 0.25) is 0 Å². The van der Waals surface area contributed by atoms with Crippen LogP contribution in [-0.4, -0.2) is 25.4 Å². The molecule has 3 N–H and O–H groups in total. The molecular weight excluding hydrogens is 330 g/mol. The van der Waals surface area contributed by atoms with E-state index in [1.54, 1.807) is 24.7 Å². The van der Waals surface area contributed by atoms with E-state index in [1.165, 1.54) is 0 Å². The van der Waals surface area contributed by atoms with Gasteiger partial charge in [0.25, 0.3) is 11.8 Å². The number of hydrogen-bond acceptors (Lipinski definition) is 6. The molecule has 3 heterocycles. The Kier molecular flexibility index (Phi) is 3.46. The highest BCUT2D eigenvalue weighted by molar-refractivity contribution is 5.75. The number of hydrogen-bond donors (Lipinski definition) is 2. The van der Waals surface area contributed by atoms with Crippen molar-refractivity contribution in [1.82, 2.24) is 25.4 Å². The van der Waals surface area contributed by atoms with Crippen molar-refractivity contribution < 1.29 is 13.2 Å². The number of H-pyrrole nitrogens is 1. The summed E-state index contributed by atoms with van der Waals surface area (Å²) in [7, 11) is 0. The fourth-order valence-electron chi connectivity index (χ4n) is 2.32. The van der Waals surface area contributed by atoms with Crippen molar-refractivity contribution in [2.45, 2.75) is 0 Å². The second kappa shape index (κ2) is 5.78. The van der Waals surface area contributed by atoms with Crippen molar-refractivity contribution in [2.24, 2.45) is 0 Å². The molecule has 0 atom stereocenters. The summed E-state index contributed by atoms with van der Waals surface area (Å²) < 4.78 is 32.7. The minimum absolute atomic E-state index is 0.0500. The van der Waals surface area contributed by atoms with Crippen molar-refractivity contribution in [3.8, 4) is 34.0 Å². The van der Waals surface area contributed by atoms with E-state index in [9.17, 15) is 8.78 Å². The van der Waals surface area contributed by atoms with E-state index in [1.807, 2.05) is 0 Å². The van der Waals surface area contributed by atoms with Crippen LogP contribution in [0.15, 0.2) is 47.3 Å². The molecule has 0 aliphatic carbocycles. The van der Waals surface area contributed by atoms with Crippen LogP contribution in [0.1, 0.15) is 0 Å². The fourth-order valence-corrected chi connectivity index (χ4v) is 2.32. The predicted octanol–water partition coefficient (Wildman–Crippen LogP) is 3.05. The van der Waals surface area contributed by atoms with Gasteiger partial charge in [-0.15, -0.1) is 10.2 Å². The van der Waals surface area contributed by atoms with E-state index >= 15 is 0 Å². The zero-order valence-electron chi connectivity index (χ0n) is 12.6. The van der Waals surface area contributed by atoms with Crippen LogP contribution < -0.4 is 5.73 Å². The Morgan fingerprint density at radius 3 is 2.52 bits per heavy atom. The van der Waals surface area contributed by atoms with E-state index in [-0.39, 0.29) is 23.2 Å². The van der Waals surface area contributed by atoms with Gasteiger partial charge in [-0.1, -0.05) is 0 Å². The summed E-state index contributed by atoms with van der Waals surface area (Å²) in [6.07, 6.45) is 4.89. The standard InChI is InChI=1S/C16H10F2N6O/c17-10-1-2-13(18)11(4-10)15-23-24-16(25-15)12-3-8(5-20-14(12)19)9-6-21-22-7-9/h1-7H,(H2,19,20)(H,21,22). The van der Waals surface area contributed by atoms with E-state index in [0.717, 1.165) is 29.3 Å². The molecule has 25 heavy (non-hydrogen) atoms. The molecule has 0 radical (unpaired) electrons. The maximum atomic E-state index is 13.9. The average molecular weight is 340 g/mol. The largest absolute Gasteiger partial charge is 0.416 e. The molecule has 0 saturated carbocycles. The molecule has 0 spiro atoms. The first kappa shape index (κ1) is 14.9. The third-order valence-corrected chi connectivity index (χ3v) is 3.56. The lowest BCUT2D eigenvalue weighted by Crippen LogP contribution is -1.95. The Balaban J connectivity index is 1.78. The maximum Gasteiger partial charge on any atom is 0.251 e. The molecule has 0 amide bonds. The highest BCUT2D eigenvalue weighted by Crippen LogP contribution is 2.31. The van der Waals surface area contributed by atoms with E-state index in [4.69, 9.17) is 10.2 Å². The summed E-state index contributed by atoms with van der Waals surface area (Å²) in [4.78, 5) is 4.10. The summed E-state index contributed by atoms with van der Waals surface area (Å²) in [5.74, 6) is -1.22. The highest BCUT2D eigenvalue weighted by Gasteiger charge is 2.18. The number of aromatic nitrogens is 5. The van der Waals surface area contributed by atoms with Crippen LogP contribution in [0.25, 0.3) is 34.0 Å². The van der Waals surface area contributed by atoms with Crippen LogP contribution >= 0.6 is 0 Å². The number of aromatic amines is 1. The molecule has 9 heteroatoms. The first-order valence-corrected chi connectivity index (χ1v) is 7.16. The number of nitrogens with zero attached hydrogens (tertiary/aromatic N) is 4. The molecule has 0 bridgehead atoms. The van der Waals surface area contributed by atoms with Gasteiger partial charge in [-0.05, 0) is 24.3 Å². The van der Waals surface area contributed by atoms with Crippen LogP contribution in [0.5, 0.6) is 0 Å². The van der Waals surface area contributed by atoms with Crippen LogP contribution in [0, 0.1) is 11.6 Å². The van der Waals surface area contributed by atoms with Gasteiger partial charge < -0.3 is 10.2 Å². The van der Waals surface area contributed by atoms with Gasteiger partial charge in [-0.25, -0.2) is 13.8 Å². The van der Waals surface area contributed by atoms with Crippen molar-refractivity contribution in [2.75, 3.05) is 5.73 Å².